The Balaban J connectivity index is 1.46. The molecule has 2 fully saturated rings. The highest BCUT2D eigenvalue weighted by Crippen LogP contribution is 2.38. The second-order valence-corrected chi connectivity index (χ2v) is 6.59. The molecule has 2 saturated heterocycles. The van der Waals surface area contributed by atoms with Crippen LogP contribution in [0.25, 0.3) is 0 Å². The molecule has 8 nitrogen and oxygen atoms in total. The summed E-state index contributed by atoms with van der Waals surface area (Å²) in [5.74, 6) is -0.185. The number of amides is 4. The van der Waals surface area contributed by atoms with Crippen molar-refractivity contribution in [3.8, 4) is 5.75 Å². The van der Waals surface area contributed by atoms with E-state index < -0.39 is 17.5 Å². The van der Waals surface area contributed by atoms with Crippen LogP contribution < -0.4 is 10.1 Å². The number of nitrogens with zero attached hydrogens (tertiary/aromatic N) is 2. The fraction of sp³-hybridized carbons (Fsp3) is 0.412. The normalized spacial score (nSPS) is 25.2. The Kier molecular flexibility index (Phi) is 3.48. The van der Waals surface area contributed by atoms with Gasteiger partial charge >= 0.3 is 6.03 Å². The van der Waals surface area contributed by atoms with Crippen LogP contribution in [-0.4, -0.2) is 65.2 Å². The van der Waals surface area contributed by atoms with Gasteiger partial charge in [-0.3, -0.25) is 19.3 Å². The number of ether oxygens (including phenoxy) is 1. The van der Waals surface area contributed by atoms with Crippen LogP contribution in [0.4, 0.5) is 4.79 Å². The number of likely N-dealkylation sites (tertiary alicyclic amines) is 1. The molecule has 0 unspecified atom stereocenters. The van der Waals surface area contributed by atoms with Crippen LogP contribution in [0.1, 0.15) is 23.2 Å². The van der Waals surface area contributed by atoms with Crippen LogP contribution in [0.15, 0.2) is 24.3 Å². The Morgan fingerprint density at radius 3 is 2.80 bits per heavy atom. The highest BCUT2D eigenvalue weighted by Gasteiger charge is 2.47. The molecule has 8 heteroatoms. The summed E-state index contributed by atoms with van der Waals surface area (Å²) in [5, 5.41) is 2.39. The van der Waals surface area contributed by atoms with Crippen molar-refractivity contribution >= 4 is 23.6 Å². The van der Waals surface area contributed by atoms with E-state index in [-0.39, 0.29) is 37.7 Å². The number of ketones is 1. The average molecular weight is 343 g/mol. The summed E-state index contributed by atoms with van der Waals surface area (Å²) < 4.78 is 6.07. The Bertz CT molecular complexity index is 776. The van der Waals surface area contributed by atoms with Crippen LogP contribution in [-0.2, 0) is 9.59 Å². The van der Waals surface area contributed by atoms with Gasteiger partial charge in [0.25, 0.3) is 5.91 Å². The molecule has 0 radical (unpaired) electrons. The molecule has 25 heavy (non-hydrogen) atoms. The summed E-state index contributed by atoms with van der Waals surface area (Å²) in [4.78, 5) is 50.5. The third-order valence-corrected chi connectivity index (χ3v) is 4.90. The minimum atomic E-state index is -0.724. The lowest BCUT2D eigenvalue weighted by Gasteiger charge is -2.34. The van der Waals surface area contributed by atoms with Gasteiger partial charge in [-0.1, -0.05) is 12.1 Å². The van der Waals surface area contributed by atoms with Crippen LogP contribution in [0.5, 0.6) is 5.75 Å². The maximum Gasteiger partial charge on any atom is 0.325 e. The van der Waals surface area contributed by atoms with E-state index in [1.165, 1.54) is 0 Å². The lowest BCUT2D eigenvalue weighted by atomic mass is 9.89. The van der Waals surface area contributed by atoms with Gasteiger partial charge in [-0.2, -0.15) is 0 Å². The molecule has 3 aliphatic rings. The van der Waals surface area contributed by atoms with Gasteiger partial charge in [0, 0.05) is 13.0 Å². The SMILES string of the molecule is O=C1C[C@]2(CCN(C(=O)CN3C(=O)CNC3=O)C2)Oc2ccccc21. The molecule has 4 rings (SSSR count). The molecule has 0 bridgehead atoms. The van der Waals surface area contributed by atoms with E-state index in [9.17, 15) is 19.2 Å². The molecule has 1 aromatic rings. The summed E-state index contributed by atoms with van der Waals surface area (Å²) in [6.07, 6.45) is 0.760. The first-order chi connectivity index (χ1) is 12.0. The van der Waals surface area contributed by atoms with Gasteiger partial charge in [0.2, 0.25) is 5.91 Å². The number of para-hydroxylation sites is 1. The molecule has 1 aromatic carbocycles. The van der Waals surface area contributed by atoms with E-state index in [1.807, 2.05) is 0 Å². The van der Waals surface area contributed by atoms with Gasteiger partial charge < -0.3 is 15.0 Å². The van der Waals surface area contributed by atoms with Crippen molar-refractivity contribution in [2.24, 2.45) is 0 Å². The number of imide groups is 1. The van der Waals surface area contributed by atoms with Gasteiger partial charge in [-0.25, -0.2) is 4.79 Å². The van der Waals surface area contributed by atoms with Crippen molar-refractivity contribution in [3.05, 3.63) is 29.8 Å². The van der Waals surface area contributed by atoms with E-state index in [2.05, 4.69) is 5.32 Å². The van der Waals surface area contributed by atoms with Crippen molar-refractivity contribution < 1.29 is 23.9 Å². The fourth-order valence-electron chi connectivity index (χ4n) is 3.58. The lowest BCUT2D eigenvalue weighted by molar-refractivity contribution is -0.136. The molecule has 130 valence electrons. The Morgan fingerprint density at radius 1 is 1.24 bits per heavy atom. The van der Waals surface area contributed by atoms with Crippen molar-refractivity contribution in [1.29, 1.82) is 0 Å². The quantitative estimate of drug-likeness (QED) is 0.773. The van der Waals surface area contributed by atoms with E-state index in [0.717, 1.165) is 4.90 Å². The predicted octanol–water partition coefficient (Wildman–Crippen LogP) is 0.175. The molecule has 0 aromatic heterocycles. The zero-order valence-corrected chi connectivity index (χ0v) is 13.5. The number of hydrogen-bond acceptors (Lipinski definition) is 5. The van der Waals surface area contributed by atoms with Crippen LogP contribution in [0, 0.1) is 0 Å². The lowest BCUT2D eigenvalue weighted by Crippen LogP contribution is -2.47. The van der Waals surface area contributed by atoms with Crippen LogP contribution in [0.2, 0.25) is 0 Å². The van der Waals surface area contributed by atoms with E-state index in [0.29, 0.717) is 24.3 Å². The number of urea groups is 1. The third kappa shape index (κ3) is 2.63. The summed E-state index contributed by atoms with van der Waals surface area (Å²) in [6.45, 7) is 0.337. The summed E-state index contributed by atoms with van der Waals surface area (Å²) in [7, 11) is 0. The van der Waals surface area contributed by atoms with E-state index >= 15 is 0 Å². The van der Waals surface area contributed by atoms with Crippen molar-refractivity contribution in [2.45, 2.75) is 18.4 Å². The van der Waals surface area contributed by atoms with Crippen LogP contribution >= 0.6 is 0 Å². The van der Waals surface area contributed by atoms with Crippen molar-refractivity contribution in [3.63, 3.8) is 0 Å². The predicted molar refractivity (Wildman–Crippen MR) is 85.1 cm³/mol. The topological polar surface area (TPSA) is 96.0 Å². The number of fused-ring (bicyclic) bond motifs is 1. The molecular weight excluding hydrogens is 326 g/mol. The Morgan fingerprint density at radius 2 is 2.04 bits per heavy atom. The molecule has 1 N–H and O–H groups in total. The van der Waals surface area contributed by atoms with Gasteiger partial charge in [-0.05, 0) is 12.1 Å². The zero-order chi connectivity index (χ0) is 17.6. The minimum absolute atomic E-state index is 0.00486. The first kappa shape index (κ1) is 15.6. The smallest absolute Gasteiger partial charge is 0.325 e. The molecule has 3 aliphatic heterocycles. The second kappa shape index (κ2) is 5.58. The van der Waals surface area contributed by atoms with E-state index in [1.54, 1.807) is 29.2 Å². The third-order valence-electron chi connectivity index (χ3n) is 4.90. The van der Waals surface area contributed by atoms with Gasteiger partial charge in [-0.15, -0.1) is 0 Å². The Hall–Kier alpha value is -2.90. The van der Waals surface area contributed by atoms with Gasteiger partial charge in [0.15, 0.2) is 5.78 Å². The summed E-state index contributed by atoms with van der Waals surface area (Å²) >= 11 is 0. The van der Waals surface area contributed by atoms with Crippen LogP contribution in [0.3, 0.4) is 0 Å². The molecular formula is C17H17N3O5. The molecule has 1 atom stereocenters. The van der Waals surface area contributed by atoms with Crippen molar-refractivity contribution in [2.75, 3.05) is 26.2 Å². The molecule has 3 heterocycles. The standard InChI is InChI=1S/C17H17N3O5/c21-12-7-17(25-13-4-2-1-3-11(12)13)5-6-19(10-17)15(23)9-20-14(22)8-18-16(20)24/h1-4H,5-10H2,(H,18,24)/t17-/m0/s1. The zero-order valence-electron chi connectivity index (χ0n) is 13.5. The first-order valence-electron chi connectivity index (χ1n) is 8.15. The fourth-order valence-corrected chi connectivity index (χ4v) is 3.58. The van der Waals surface area contributed by atoms with E-state index in [4.69, 9.17) is 4.74 Å². The van der Waals surface area contributed by atoms with Gasteiger partial charge in [0.05, 0.1) is 25.1 Å². The number of carbonyl (C=O) groups is 4. The largest absolute Gasteiger partial charge is 0.484 e. The number of benzene rings is 1. The highest BCUT2D eigenvalue weighted by molar-refractivity contribution is 6.04. The molecule has 0 aliphatic carbocycles. The second-order valence-electron chi connectivity index (χ2n) is 6.59. The minimum Gasteiger partial charge on any atom is -0.484 e. The average Bonchev–Trinajstić information content (AvgIpc) is 3.13. The first-order valence-corrected chi connectivity index (χ1v) is 8.15. The van der Waals surface area contributed by atoms with Crippen molar-refractivity contribution in [1.82, 2.24) is 15.1 Å². The highest BCUT2D eigenvalue weighted by atomic mass is 16.5. The van der Waals surface area contributed by atoms with Gasteiger partial charge in [0.1, 0.15) is 17.9 Å². The summed E-state index contributed by atoms with van der Waals surface area (Å²) in [6, 6.07) is 6.54. The number of Topliss-reactive ketones (excluding diaryl/α,β-unsaturated/α-hetero) is 1. The molecule has 0 saturated carbocycles. The maximum atomic E-state index is 12.5. The maximum absolute atomic E-state index is 12.5. The number of nitrogens with one attached hydrogen (secondary N) is 1. The number of rotatable bonds is 2. The monoisotopic (exact) mass is 343 g/mol. The molecule has 1 spiro atoms. The Labute approximate surface area is 143 Å². The number of carbonyl (C=O) groups excluding carboxylic acids is 4. The number of hydrogen-bond donors (Lipinski definition) is 1. The summed E-state index contributed by atoms with van der Waals surface area (Å²) in [5.41, 5.74) is -0.157. The molecule has 4 amide bonds.